The lowest BCUT2D eigenvalue weighted by Gasteiger charge is -2.41. The molecule has 0 aliphatic carbocycles. The summed E-state index contributed by atoms with van der Waals surface area (Å²) in [6.45, 7) is 3.59. The van der Waals surface area contributed by atoms with Crippen LogP contribution < -0.4 is 9.64 Å². The Bertz CT molecular complexity index is 2550. The van der Waals surface area contributed by atoms with Crippen LogP contribution in [-0.2, 0) is 37.7 Å². The highest BCUT2D eigenvalue weighted by Crippen LogP contribution is 2.39. The lowest BCUT2D eigenvalue weighted by Crippen LogP contribution is -2.52. The number of nitrogens with zero attached hydrogens (tertiary/aromatic N) is 5. The topological polar surface area (TPSA) is 92.4 Å². The molecule has 1 fully saturated rings. The average Bonchev–Trinajstić information content (AvgIpc) is 3.81. The largest absolute Gasteiger partial charge is 0.573 e. The van der Waals surface area contributed by atoms with Crippen LogP contribution >= 0.6 is 12.4 Å². The molecular weight excluding hydrogens is 795 g/mol. The van der Waals surface area contributed by atoms with Crippen LogP contribution in [0.2, 0.25) is 0 Å². The van der Waals surface area contributed by atoms with Crippen molar-refractivity contribution in [2.24, 2.45) is 7.05 Å². The number of aromatic nitrogens is 2. The van der Waals surface area contributed by atoms with Crippen LogP contribution in [-0.4, -0.2) is 81.1 Å². The van der Waals surface area contributed by atoms with Crippen molar-refractivity contribution < 1.29 is 37.3 Å². The van der Waals surface area contributed by atoms with Crippen molar-refractivity contribution >= 4 is 46.5 Å². The number of phenolic OH excluding ortho intramolecular Hbond substituents is 1. The average molecular weight is 840 g/mol. The zero-order valence-corrected chi connectivity index (χ0v) is 33.8. The minimum absolute atomic E-state index is 0. The van der Waals surface area contributed by atoms with Gasteiger partial charge in [-0.3, -0.25) is 19.4 Å². The van der Waals surface area contributed by atoms with E-state index in [0.717, 1.165) is 35.1 Å². The third kappa shape index (κ3) is 7.96. The Labute approximate surface area is 351 Å². The summed E-state index contributed by atoms with van der Waals surface area (Å²) >= 11 is 0. The fourth-order valence-corrected chi connectivity index (χ4v) is 8.98. The second kappa shape index (κ2) is 16.7. The highest BCUT2D eigenvalue weighted by molar-refractivity contribution is 6.13. The third-order valence-electron chi connectivity index (χ3n) is 11.9. The molecule has 60 heavy (non-hydrogen) atoms. The monoisotopic (exact) mass is 839 g/mol. The van der Waals surface area contributed by atoms with Crippen LogP contribution in [0.15, 0.2) is 103 Å². The van der Waals surface area contributed by atoms with Crippen molar-refractivity contribution in [3.63, 3.8) is 0 Å². The smallest absolute Gasteiger partial charge is 0.508 e. The van der Waals surface area contributed by atoms with Gasteiger partial charge in [0.05, 0.1) is 24.5 Å². The quantitative estimate of drug-likeness (QED) is 0.165. The van der Waals surface area contributed by atoms with Gasteiger partial charge < -0.3 is 28.6 Å². The van der Waals surface area contributed by atoms with Crippen molar-refractivity contribution in [2.45, 2.75) is 51.2 Å². The number of carbonyl (C=O) groups excluding carboxylic acids is 2. The van der Waals surface area contributed by atoms with Crippen LogP contribution in [0.5, 0.6) is 11.5 Å². The summed E-state index contributed by atoms with van der Waals surface area (Å²) in [7, 11) is 1.96. The van der Waals surface area contributed by atoms with Crippen LogP contribution in [0.1, 0.15) is 50.4 Å². The molecule has 3 aliphatic rings. The molecule has 6 aromatic rings. The molecule has 2 amide bonds. The van der Waals surface area contributed by atoms with E-state index in [4.69, 9.17) is 4.74 Å². The highest BCUT2D eigenvalue weighted by atomic mass is 35.5. The van der Waals surface area contributed by atoms with E-state index in [1.54, 1.807) is 46.2 Å². The van der Waals surface area contributed by atoms with Gasteiger partial charge in [0.2, 0.25) is 0 Å². The minimum Gasteiger partial charge on any atom is -0.508 e. The molecule has 0 spiro atoms. The number of halogens is 4. The first kappa shape index (κ1) is 41.0. The number of rotatable bonds is 8. The standard InChI is InChI=1S/C46H44F3N5O5.ClH/c1-50-20-18-30-12-13-33(26-41(30)50)54(32-14-16-35(55)17-15-32)45(57)39-27-42(52-19-5-4-10-40(39)52)36-8-2-3-9-37(36)44(56)53-28-31-7-6-11-43(59-46(47,48)49)38(31)25-34(53)29-51-21-23-58-24-22-51;/h2-3,6-9,11-18,20,26-27,34,55H,4-5,10,19,21-25,28-29H2,1H3;1H/t34-;/m0./s1. The van der Waals surface area contributed by atoms with Gasteiger partial charge in [0.15, 0.2) is 0 Å². The van der Waals surface area contributed by atoms with E-state index in [-0.39, 0.29) is 48.7 Å². The van der Waals surface area contributed by atoms with E-state index >= 15 is 9.59 Å². The molecule has 1 N–H and O–H groups in total. The maximum atomic E-state index is 15.1. The number of anilines is 2. The molecule has 14 heteroatoms. The summed E-state index contributed by atoms with van der Waals surface area (Å²) in [6, 6.07) is 28.0. The van der Waals surface area contributed by atoms with Gasteiger partial charge in [-0.05, 0) is 97.3 Å². The number of morpholine rings is 1. The summed E-state index contributed by atoms with van der Waals surface area (Å²) in [5, 5.41) is 11.2. The molecule has 9 rings (SSSR count). The van der Waals surface area contributed by atoms with Gasteiger partial charge in [-0.1, -0.05) is 36.4 Å². The molecule has 10 nitrogen and oxygen atoms in total. The van der Waals surface area contributed by atoms with E-state index in [1.165, 1.54) is 12.1 Å². The molecule has 0 bridgehead atoms. The summed E-state index contributed by atoms with van der Waals surface area (Å²) in [4.78, 5) is 35.8. The number of ether oxygens (including phenoxy) is 2. The first-order valence-electron chi connectivity index (χ1n) is 20.0. The van der Waals surface area contributed by atoms with Crippen molar-refractivity contribution in [1.29, 1.82) is 0 Å². The van der Waals surface area contributed by atoms with Gasteiger partial charge in [-0.25, -0.2) is 0 Å². The van der Waals surface area contributed by atoms with E-state index in [0.29, 0.717) is 85.0 Å². The number of amides is 2. The van der Waals surface area contributed by atoms with Crippen LogP contribution in [0.4, 0.5) is 24.5 Å². The molecule has 5 heterocycles. The molecule has 2 aromatic heterocycles. The van der Waals surface area contributed by atoms with Crippen molar-refractivity contribution in [1.82, 2.24) is 18.9 Å². The molecule has 312 valence electrons. The first-order valence-corrected chi connectivity index (χ1v) is 20.0. The molecule has 0 unspecified atom stereocenters. The van der Waals surface area contributed by atoms with Crippen LogP contribution in [0, 0.1) is 0 Å². The van der Waals surface area contributed by atoms with E-state index in [1.807, 2.05) is 66.3 Å². The Balaban J connectivity index is 0.00000499. The Morgan fingerprint density at radius 1 is 0.883 bits per heavy atom. The van der Waals surface area contributed by atoms with E-state index in [2.05, 4.69) is 14.2 Å². The van der Waals surface area contributed by atoms with Gasteiger partial charge in [-0.15, -0.1) is 25.6 Å². The fourth-order valence-electron chi connectivity index (χ4n) is 8.98. The summed E-state index contributed by atoms with van der Waals surface area (Å²) in [5.74, 6) is -0.632. The van der Waals surface area contributed by atoms with Crippen LogP contribution in [0.3, 0.4) is 0 Å². The fraction of sp³-hybridized carbons (Fsp3) is 0.304. The van der Waals surface area contributed by atoms with Crippen LogP contribution in [0.25, 0.3) is 22.2 Å². The highest BCUT2D eigenvalue weighted by Gasteiger charge is 2.38. The van der Waals surface area contributed by atoms with Gasteiger partial charge >= 0.3 is 6.36 Å². The molecule has 1 saturated heterocycles. The summed E-state index contributed by atoms with van der Waals surface area (Å²) in [5.41, 5.74) is 6.55. The third-order valence-corrected chi connectivity index (χ3v) is 11.9. The SMILES string of the molecule is Cl.Cn1ccc2ccc(N(C(=O)c3cc(-c4ccccc4C(=O)N4Cc5cccc(OC(F)(F)F)c5C[C@H]4CN4CCOCC4)n4c3CCCC4)c3ccc(O)cc3)cc21. The van der Waals surface area contributed by atoms with Crippen molar-refractivity contribution in [2.75, 3.05) is 37.7 Å². The number of phenols is 1. The number of carbonyl (C=O) groups is 2. The minimum atomic E-state index is -4.85. The second-order valence-corrected chi connectivity index (χ2v) is 15.5. The first-order chi connectivity index (χ1) is 28.5. The number of benzene rings is 4. The van der Waals surface area contributed by atoms with Crippen molar-refractivity contribution in [3.8, 4) is 22.8 Å². The normalized spacial score (nSPS) is 16.8. The molecular formula is C46H45ClF3N5O5. The summed E-state index contributed by atoms with van der Waals surface area (Å²) < 4.78 is 54.8. The maximum absolute atomic E-state index is 15.1. The number of alkyl halides is 3. The predicted molar refractivity (Wildman–Crippen MR) is 225 cm³/mol. The Hall–Kier alpha value is -5.76. The lowest BCUT2D eigenvalue weighted by molar-refractivity contribution is -0.275. The number of aryl methyl sites for hydroxylation is 1. The van der Waals surface area contributed by atoms with Gasteiger partial charge in [-0.2, -0.15) is 0 Å². The predicted octanol–water partition coefficient (Wildman–Crippen LogP) is 8.89. The summed E-state index contributed by atoms with van der Waals surface area (Å²) in [6.07, 6.45) is -0.221. The second-order valence-electron chi connectivity index (χ2n) is 15.5. The Kier molecular flexibility index (Phi) is 11.4. The van der Waals surface area contributed by atoms with E-state index in [9.17, 15) is 18.3 Å². The number of fused-ring (bicyclic) bond motifs is 3. The number of hydrogen-bond acceptors (Lipinski definition) is 6. The Morgan fingerprint density at radius 2 is 1.65 bits per heavy atom. The zero-order chi connectivity index (χ0) is 40.8. The van der Waals surface area contributed by atoms with Gasteiger partial charge in [0.25, 0.3) is 11.8 Å². The number of hydrogen-bond donors (Lipinski definition) is 1. The molecule has 0 saturated carbocycles. The number of aromatic hydroxyl groups is 1. The van der Waals surface area contributed by atoms with Gasteiger partial charge in [0, 0.05) is 91.3 Å². The Morgan fingerprint density at radius 3 is 2.43 bits per heavy atom. The molecule has 0 radical (unpaired) electrons. The maximum Gasteiger partial charge on any atom is 0.573 e. The van der Waals surface area contributed by atoms with Gasteiger partial charge in [0.1, 0.15) is 11.5 Å². The molecule has 3 aliphatic heterocycles. The van der Waals surface area contributed by atoms with E-state index < -0.39 is 12.4 Å². The zero-order valence-electron chi connectivity index (χ0n) is 33.0. The molecule has 1 atom stereocenters. The lowest BCUT2D eigenvalue weighted by atomic mass is 9.91. The molecule has 4 aromatic carbocycles. The van der Waals surface area contributed by atoms with Crippen molar-refractivity contribution in [3.05, 3.63) is 131 Å².